The summed E-state index contributed by atoms with van der Waals surface area (Å²) >= 11 is 0. The number of carbonyl (C=O) groups excluding carboxylic acids is 1. The molecule has 0 aromatic heterocycles. The Morgan fingerprint density at radius 2 is 1.86 bits per heavy atom. The smallest absolute Gasteiger partial charge is 0.237 e. The molecule has 0 rings (SSSR count). The molecule has 0 saturated heterocycles. The second-order valence-corrected chi connectivity index (χ2v) is 3.87. The quantitative estimate of drug-likeness (QED) is 0.511. The Kier molecular flexibility index (Phi) is 7.42. The molecule has 1 atom stereocenters. The van der Waals surface area contributed by atoms with Crippen LogP contribution < -0.4 is 16.4 Å². The van der Waals surface area contributed by atoms with Crippen molar-refractivity contribution in [3.05, 3.63) is 0 Å². The van der Waals surface area contributed by atoms with Gasteiger partial charge in [0.25, 0.3) is 0 Å². The first-order valence-electron chi connectivity index (χ1n) is 5.27. The molecule has 0 heterocycles. The van der Waals surface area contributed by atoms with Crippen LogP contribution in [0.1, 0.15) is 26.7 Å². The number of unbranched alkanes of at least 4 members (excludes halogenated alkanes) is 1. The summed E-state index contributed by atoms with van der Waals surface area (Å²) in [7, 11) is 1.92. The lowest BCUT2D eigenvalue weighted by molar-refractivity contribution is -0.123. The number of nitrogens with two attached hydrogens (primary N) is 1. The predicted molar refractivity (Wildman–Crippen MR) is 59.0 cm³/mol. The monoisotopic (exact) mass is 201 g/mol. The van der Waals surface area contributed by atoms with Crippen LogP contribution in [-0.2, 0) is 4.79 Å². The van der Waals surface area contributed by atoms with Crippen LogP contribution >= 0.6 is 0 Å². The second kappa shape index (κ2) is 7.76. The van der Waals surface area contributed by atoms with Gasteiger partial charge >= 0.3 is 0 Å². The normalized spacial score (nSPS) is 12.9. The van der Waals surface area contributed by atoms with E-state index in [1.165, 1.54) is 0 Å². The van der Waals surface area contributed by atoms with Gasteiger partial charge in [-0.1, -0.05) is 13.8 Å². The first kappa shape index (κ1) is 13.4. The minimum absolute atomic E-state index is 0.0375. The van der Waals surface area contributed by atoms with Crippen LogP contribution in [0.5, 0.6) is 0 Å². The molecule has 0 spiro atoms. The van der Waals surface area contributed by atoms with E-state index in [-0.39, 0.29) is 17.9 Å². The highest BCUT2D eigenvalue weighted by atomic mass is 16.2. The molecule has 1 amide bonds. The summed E-state index contributed by atoms with van der Waals surface area (Å²) in [6.07, 6.45) is 2.07. The van der Waals surface area contributed by atoms with E-state index < -0.39 is 0 Å². The number of rotatable bonds is 7. The summed E-state index contributed by atoms with van der Waals surface area (Å²) in [4.78, 5) is 11.4. The van der Waals surface area contributed by atoms with Crippen molar-refractivity contribution in [2.24, 2.45) is 11.7 Å². The molecule has 0 aliphatic carbocycles. The maximum Gasteiger partial charge on any atom is 0.237 e. The van der Waals surface area contributed by atoms with Crippen molar-refractivity contribution in [1.29, 1.82) is 0 Å². The van der Waals surface area contributed by atoms with Crippen molar-refractivity contribution in [1.82, 2.24) is 10.6 Å². The molecule has 0 aliphatic rings. The zero-order valence-corrected chi connectivity index (χ0v) is 9.47. The molecular weight excluding hydrogens is 178 g/mol. The van der Waals surface area contributed by atoms with Crippen molar-refractivity contribution in [3.8, 4) is 0 Å². The topological polar surface area (TPSA) is 67.1 Å². The third-order valence-electron chi connectivity index (χ3n) is 2.17. The predicted octanol–water partition coefficient (Wildman–Crippen LogP) is 0.0855. The molecule has 0 aliphatic heterocycles. The average Bonchev–Trinajstić information content (AvgIpc) is 2.16. The Hall–Kier alpha value is -0.610. The van der Waals surface area contributed by atoms with Crippen LogP contribution in [0.2, 0.25) is 0 Å². The molecule has 0 radical (unpaired) electrons. The first-order valence-corrected chi connectivity index (χ1v) is 5.27. The van der Waals surface area contributed by atoms with Gasteiger partial charge < -0.3 is 16.4 Å². The molecular formula is C10H23N3O. The number of carbonyl (C=O) groups is 1. The van der Waals surface area contributed by atoms with Crippen LogP contribution in [0, 0.1) is 5.92 Å². The fourth-order valence-corrected chi connectivity index (χ4v) is 1.06. The maximum absolute atomic E-state index is 11.4. The number of hydrogen-bond acceptors (Lipinski definition) is 3. The second-order valence-electron chi connectivity index (χ2n) is 3.87. The number of nitrogens with one attached hydrogen (secondary N) is 2. The van der Waals surface area contributed by atoms with Gasteiger partial charge in [0.15, 0.2) is 0 Å². The van der Waals surface area contributed by atoms with Crippen LogP contribution in [0.15, 0.2) is 0 Å². The van der Waals surface area contributed by atoms with E-state index in [1.54, 1.807) is 0 Å². The Balaban J connectivity index is 3.44. The van der Waals surface area contributed by atoms with E-state index in [4.69, 9.17) is 5.73 Å². The van der Waals surface area contributed by atoms with Gasteiger partial charge in [0.2, 0.25) is 5.91 Å². The molecule has 1 unspecified atom stereocenters. The van der Waals surface area contributed by atoms with E-state index >= 15 is 0 Å². The minimum atomic E-state index is -0.376. The summed E-state index contributed by atoms with van der Waals surface area (Å²) in [5.41, 5.74) is 5.68. The highest BCUT2D eigenvalue weighted by Crippen LogP contribution is 1.97. The summed E-state index contributed by atoms with van der Waals surface area (Å²) < 4.78 is 0. The van der Waals surface area contributed by atoms with E-state index in [9.17, 15) is 4.79 Å². The molecule has 0 aromatic carbocycles. The standard InChI is InChI=1S/C10H23N3O/c1-8(2)9(11)10(14)13-7-5-4-6-12-3/h8-9,12H,4-7,11H2,1-3H3,(H,13,14). The molecule has 0 saturated carbocycles. The lowest BCUT2D eigenvalue weighted by Crippen LogP contribution is -2.44. The van der Waals surface area contributed by atoms with Crippen molar-refractivity contribution in [3.63, 3.8) is 0 Å². The van der Waals surface area contributed by atoms with E-state index in [0.29, 0.717) is 0 Å². The molecule has 4 N–H and O–H groups in total. The van der Waals surface area contributed by atoms with Gasteiger partial charge in [0.05, 0.1) is 6.04 Å². The minimum Gasteiger partial charge on any atom is -0.355 e. The van der Waals surface area contributed by atoms with Crippen LogP contribution in [0.3, 0.4) is 0 Å². The van der Waals surface area contributed by atoms with E-state index in [0.717, 1.165) is 25.9 Å². The summed E-state index contributed by atoms with van der Waals surface area (Å²) in [5, 5.41) is 5.89. The maximum atomic E-state index is 11.4. The summed E-state index contributed by atoms with van der Waals surface area (Å²) in [6, 6.07) is -0.376. The molecule has 4 heteroatoms. The molecule has 0 fully saturated rings. The number of amides is 1. The fraction of sp³-hybridized carbons (Fsp3) is 0.900. The van der Waals surface area contributed by atoms with Gasteiger partial charge in [-0.3, -0.25) is 4.79 Å². The highest BCUT2D eigenvalue weighted by molar-refractivity contribution is 5.81. The van der Waals surface area contributed by atoms with Crippen molar-refractivity contribution >= 4 is 5.91 Å². The Labute approximate surface area is 86.6 Å². The fourth-order valence-electron chi connectivity index (χ4n) is 1.06. The van der Waals surface area contributed by atoms with Crippen LogP contribution in [0.4, 0.5) is 0 Å². The third-order valence-corrected chi connectivity index (χ3v) is 2.17. The lowest BCUT2D eigenvalue weighted by atomic mass is 10.1. The lowest BCUT2D eigenvalue weighted by Gasteiger charge is -2.15. The first-order chi connectivity index (χ1) is 6.59. The Bertz CT molecular complexity index is 159. The number of hydrogen-bond donors (Lipinski definition) is 3. The molecule has 0 aromatic rings. The zero-order valence-electron chi connectivity index (χ0n) is 9.47. The van der Waals surface area contributed by atoms with Gasteiger partial charge in [-0.15, -0.1) is 0 Å². The van der Waals surface area contributed by atoms with Crippen molar-refractivity contribution < 1.29 is 4.79 Å². The summed E-state index contributed by atoms with van der Waals surface area (Å²) in [6.45, 7) is 5.61. The van der Waals surface area contributed by atoms with Gasteiger partial charge in [-0.25, -0.2) is 0 Å². The SMILES string of the molecule is CNCCCCNC(=O)C(N)C(C)C. The average molecular weight is 201 g/mol. The van der Waals surface area contributed by atoms with Gasteiger partial charge in [0, 0.05) is 6.54 Å². The Morgan fingerprint density at radius 1 is 1.29 bits per heavy atom. The molecule has 14 heavy (non-hydrogen) atoms. The van der Waals surface area contributed by atoms with Crippen molar-refractivity contribution in [2.45, 2.75) is 32.7 Å². The molecule has 0 bridgehead atoms. The van der Waals surface area contributed by atoms with Crippen molar-refractivity contribution in [2.75, 3.05) is 20.1 Å². The largest absolute Gasteiger partial charge is 0.355 e. The van der Waals surface area contributed by atoms with E-state index in [1.807, 2.05) is 20.9 Å². The Morgan fingerprint density at radius 3 is 2.36 bits per heavy atom. The van der Waals surface area contributed by atoms with Gasteiger partial charge in [0.1, 0.15) is 0 Å². The van der Waals surface area contributed by atoms with Crippen LogP contribution in [0.25, 0.3) is 0 Å². The molecule has 4 nitrogen and oxygen atoms in total. The van der Waals surface area contributed by atoms with Gasteiger partial charge in [-0.2, -0.15) is 0 Å². The summed E-state index contributed by atoms with van der Waals surface area (Å²) in [5.74, 6) is 0.164. The van der Waals surface area contributed by atoms with Crippen LogP contribution in [-0.4, -0.2) is 32.1 Å². The molecule has 84 valence electrons. The van der Waals surface area contributed by atoms with E-state index in [2.05, 4.69) is 10.6 Å². The van der Waals surface area contributed by atoms with Gasteiger partial charge in [-0.05, 0) is 32.4 Å². The zero-order chi connectivity index (χ0) is 11.0. The highest BCUT2D eigenvalue weighted by Gasteiger charge is 2.15. The third kappa shape index (κ3) is 5.94.